The molecule has 1 aliphatic heterocycles. The molecule has 0 radical (unpaired) electrons. The maximum absolute atomic E-state index is 14.2. The fraction of sp³-hybridized carbons (Fsp3) is 0.486. The van der Waals surface area contributed by atoms with Gasteiger partial charge in [-0.15, -0.1) is 11.3 Å². The number of Topliss-reactive ketones (excluding diaryl/α,β-unsaturated/α-hetero) is 1. The second-order valence-electron chi connectivity index (χ2n) is 13.2. The molecule has 2 aliphatic rings. The van der Waals surface area contributed by atoms with E-state index < -0.39 is 11.4 Å². The van der Waals surface area contributed by atoms with Crippen molar-refractivity contribution >= 4 is 45.8 Å². The number of aromatic nitrogens is 3. The lowest BCUT2D eigenvalue weighted by Crippen LogP contribution is -2.46. The van der Waals surface area contributed by atoms with Crippen LogP contribution in [-0.2, 0) is 22.4 Å². The summed E-state index contributed by atoms with van der Waals surface area (Å²) in [7, 11) is 0. The summed E-state index contributed by atoms with van der Waals surface area (Å²) in [6, 6.07) is 15.3. The molecule has 1 atom stereocenters. The molecule has 6 rings (SSSR count). The van der Waals surface area contributed by atoms with E-state index in [-0.39, 0.29) is 59.4 Å². The van der Waals surface area contributed by atoms with Crippen molar-refractivity contribution in [2.75, 3.05) is 11.5 Å². The monoisotopic (exact) mass is 690 g/mol. The molecule has 254 valence electrons. The highest BCUT2D eigenvalue weighted by molar-refractivity contribution is 7.99. The molecule has 4 heterocycles. The van der Waals surface area contributed by atoms with Crippen LogP contribution in [0, 0.1) is 11.7 Å². The van der Waals surface area contributed by atoms with E-state index in [1.54, 1.807) is 15.9 Å². The standard InChI is InChI=1S/C37H43FN4O4S2/c38-27-23-33-35(39-24-27)41(30-16-19-47-20-17-30)37(46)42(36(33)45)29-11-9-28(10-12-29)40-34(44)15-14-31(43)13-8-26(22-32-7-4-18-48-32)21-25-5-2-1-3-6-25/h1-7,18,23-24,26,28-30H,8-17,19-22H2,(H,40,44). The normalized spacial score (nSPS) is 19.3. The summed E-state index contributed by atoms with van der Waals surface area (Å²) in [5, 5.41) is 5.30. The lowest BCUT2D eigenvalue weighted by molar-refractivity contribution is -0.126. The van der Waals surface area contributed by atoms with Gasteiger partial charge in [-0.1, -0.05) is 36.4 Å². The molecule has 1 saturated heterocycles. The summed E-state index contributed by atoms with van der Waals surface area (Å²) in [4.78, 5) is 58.6. The molecule has 1 aromatic carbocycles. The molecule has 1 saturated carbocycles. The van der Waals surface area contributed by atoms with Crippen molar-refractivity contribution in [3.63, 3.8) is 0 Å². The summed E-state index contributed by atoms with van der Waals surface area (Å²) in [5.74, 6) is 1.54. The van der Waals surface area contributed by atoms with Crippen molar-refractivity contribution in [3.8, 4) is 0 Å². The first kappa shape index (κ1) is 34.3. The van der Waals surface area contributed by atoms with Crippen LogP contribution in [0.25, 0.3) is 11.0 Å². The Bertz CT molecular complexity index is 1810. The van der Waals surface area contributed by atoms with Crippen LogP contribution in [0.15, 0.2) is 69.7 Å². The third-order valence-electron chi connectivity index (χ3n) is 9.81. The second-order valence-corrected chi connectivity index (χ2v) is 15.4. The van der Waals surface area contributed by atoms with Crippen LogP contribution in [0.4, 0.5) is 4.39 Å². The third kappa shape index (κ3) is 8.52. The number of ketones is 1. The number of hydrogen-bond donors (Lipinski definition) is 1. The molecule has 1 N–H and O–H groups in total. The van der Waals surface area contributed by atoms with E-state index in [1.165, 1.54) is 21.1 Å². The maximum atomic E-state index is 14.2. The molecule has 1 unspecified atom stereocenters. The second kappa shape index (κ2) is 16.2. The molecule has 1 aliphatic carbocycles. The summed E-state index contributed by atoms with van der Waals surface area (Å²) in [6.45, 7) is 0. The van der Waals surface area contributed by atoms with Crippen molar-refractivity contribution in [1.82, 2.24) is 19.4 Å². The van der Waals surface area contributed by atoms with Crippen LogP contribution in [-0.4, -0.2) is 43.4 Å². The minimum Gasteiger partial charge on any atom is -0.353 e. The average molecular weight is 691 g/mol. The van der Waals surface area contributed by atoms with Gasteiger partial charge in [-0.05, 0) is 98.3 Å². The van der Waals surface area contributed by atoms with Crippen molar-refractivity contribution in [3.05, 3.63) is 97.2 Å². The van der Waals surface area contributed by atoms with Crippen LogP contribution in [0.1, 0.15) is 86.7 Å². The average Bonchev–Trinajstić information content (AvgIpc) is 3.61. The van der Waals surface area contributed by atoms with Crippen molar-refractivity contribution in [2.24, 2.45) is 5.92 Å². The molecule has 1 amide bonds. The first-order valence-corrected chi connectivity index (χ1v) is 19.2. The number of pyridine rings is 1. The lowest BCUT2D eigenvalue weighted by Gasteiger charge is -2.31. The van der Waals surface area contributed by atoms with E-state index in [0.717, 1.165) is 49.8 Å². The van der Waals surface area contributed by atoms with Crippen LogP contribution in [0.2, 0.25) is 0 Å². The summed E-state index contributed by atoms with van der Waals surface area (Å²) < 4.78 is 17.1. The van der Waals surface area contributed by atoms with E-state index in [0.29, 0.717) is 38.0 Å². The Labute approximate surface area is 288 Å². The number of fused-ring (bicyclic) bond motifs is 1. The van der Waals surface area contributed by atoms with Gasteiger partial charge in [0.1, 0.15) is 17.2 Å². The third-order valence-corrected chi connectivity index (χ3v) is 11.8. The summed E-state index contributed by atoms with van der Waals surface area (Å²) in [5.41, 5.74) is 0.641. The van der Waals surface area contributed by atoms with E-state index in [9.17, 15) is 23.6 Å². The molecular formula is C37H43FN4O4S2. The van der Waals surface area contributed by atoms with E-state index in [1.807, 2.05) is 30.0 Å². The highest BCUT2D eigenvalue weighted by Crippen LogP contribution is 2.30. The molecule has 2 fully saturated rings. The van der Waals surface area contributed by atoms with Gasteiger partial charge in [0, 0.05) is 42.3 Å². The van der Waals surface area contributed by atoms with Crippen LogP contribution >= 0.6 is 23.1 Å². The highest BCUT2D eigenvalue weighted by atomic mass is 32.2. The molecule has 0 bridgehead atoms. The number of nitrogens with zero attached hydrogens (tertiary/aromatic N) is 3. The first-order valence-electron chi connectivity index (χ1n) is 17.1. The predicted octanol–water partition coefficient (Wildman–Crippen LogP) is 6.66. The Morgan fingerprint density at radius 1 is 0.896 bits per heavy atom. The number of amides is 1. The van der Waals surface area contributed by atoms with Crippen LogP contribution < -0.4 is 16.6 Å². The number of benzene rings is 1. The van der Waals surface area contributed by atoms with Gasteiger partial charge in [0.25, 0.3) is 5.56 Å². The van der Waals surface area contributed by atoms with Crippen molar-refractivity contribution < 1.29 is 14.0 Å². The van der Waals surface area contributed by atoms with Gasteiger partial charge in [0.05, 0.1) is 11.6 Å². The minimum atomic E-state index is -0.606. The van der Waals surface area contributed by atoms with E-state index in [2.05, 4.69) is 39.9 Å². The molecule has 8 nitrogen and oxygen atoms in total. The summed E-state index contributed by atoms with van der Waals surface area (Å²) in [6.07, 6.45) is 8.43. The van der Waals surface area contributed by atoms with Crippen molar-refractivity contribution in [1.29, 1.82) is 0 Å². The molecular weight excluding hydrogens is 648 g/mol. The largest absolute Gasteiger partial charge is 0.353 e. The van der Waals surface area contributed by atoms with Gasteiger partial charge >= 0.3 is 5.69 Å². The van der Waals surface area contributed by atoms with Crippen LogP contribution in [0.5, 0.6) is 0 Å². The van der Waals surface area contributed by atoms with E-state index in [4.69, 9.17) is 0 Å². The quantitative estimate of drug-likeness (QED) is 0.168. The fourth-order valence-electron chi connectivity index (χ4n) is 7.26. The van der Waals surface area contributed by atoms with Gasteiger partial charge in [-0.2, -0.15) is 11.8 Å². The first-order chi connectivity index (χ1) is 23.4. The molecule has 0 spiro atoms. The molecule has 4 aromatic rings. The zero-order chi connectivity index (χ0) is 33.5. The number of thioether (sulfide) groups is 1. The smallest absolute Gasteiger partial charge is 0.333 e. The number of carbonyl (C=O) groups excluding carboxylic acids is 2. The van der Waals surface area contributed by atoms with Gasteiger partial charge in [-0.3, -0.25) is 23.5 Å². The fourth-order valence-corrected chi connectivity index (χ4v) is 9.16. The lowest BCUT2D eigenvalue weighted by atomic mass is 9.90. The number of nitrogens with one attached hydrogen (secondary N) is 1. The van der Waals surface area contributed by atoms with E-state index >= 15 is 0 Å². The Morgan fingerprint density at radius 3 is 2.38 bits per heavy atom. The Morgan fingerprint density at radius 2 is 1.65 bits per heavy atom. The summed E-state index contributed by atoms with van der Waals surface area (Å²) >= 11 is 3.58. The zero-order valence-electron chi connectivity index (χ0n) is 27.2. The van der Waals surface area contributed by atoms with Crippen LogP contribution in [0.3, 0.4) is 0 Å². The maximum Gasteiger partial charge on any atom is 0.333 e. The van der Waals surface area contributed by atoms with Gasteiger partial charge in [0.15, 0.2) is 0 Å². The molecule has 3 aromatic heterocycles. The minimum absolute atomic E-state index is 0.0832. The van der Waals surface area contributed by atoms with Gasteiger partial charge in [-0.25, -0.2) is 14.2 Å². The zero-order valence-corrected chi connectivity index (χ0v) is 28.8. The molecule has 48 heavy (non-hydrogen) atoms. The van der Waals surface area contributed by atoms with Gasteiger partial charge < -0.3 is 5.32 Å². The number of hydrogen-bond acceptors (Lipinski definition) is 7. The predicted molar refractivity (Wildman–Crippen MR) is 190 cm³/mol. The Balaban J connectivity index is 1.02. The molecule has 11 heteroatoms. The van der Waals surface area contributed by atoms with Gasteiger partial charge in [0.2, 0.25) is 5.91 Å². The van der Waals surface area contributed by atoms with Crippen molar-refractivity contribution in [2.45, 2.75) is 95.2 Å². The number of halogens is 1. The number of thiophene rings is 1. The highest BCUT2D eigenvalue weighted by Gasteiger charge is 2.30. The Hall–Kier alpha value is -3.57. The number of carbonyl (C=O) groups is 2. The SMILES string of the molecule is O=C(CCC(=O)NC1CCC(n2c(=O)c3cc(F)cnc3n(C3CCSCC3)c2=O)CC1)CCC(Cc1ccccc1)Cc1cccs1. The Kier molecular flexibility index (Phi) is 11.6. The number of rotatable bonds is 13. The topological polar surface area (TPSA) is 103 Å².